The van der Waals surface area contributed by atoms with Crippen LogP contribution in [0, 0.1) is 0 Å². The Morgan fingerprint density at radius 1 is 1.00 bits per heavy atom. The van der Waals surface area contributed by atoms with Gasteiger partial charge in [-0.15, -0.1) is 0 Å². The molecule has 0 spiro atoms. The summed E-state index contributed by atoms with van der Waals surface area (Å²) in [5, 5.41) is 11.5. The Kier molecular flexibility index (Phi) is 13.0. The first-order chi connectivity index (χ1) is 10.2. The Labute approximate surface area is 158 Å². The summed E-state index contributed by atoms with van der Waals surface area (Å²) in [7, 11) is 0. The third-order valence-electron chi connectivity index (χ3n) is 4.19. The van der Waals surface area contributed by atoms with E-state index in [1.165, 1.54) is 32.1 Å². The average Bonchev–Trinajstić information content (AvgIpc) is 2.50. The van der Waals surface area contributed by atoms with Crippen LogP contribution in [0.2, 0.25) is 0 Å². The van der Waals surface area contributed by atoms with E-state index >= 15 is 0 Å². The van der Waals surface area contributed by atoms with Crippen LogP contribution < -0.4 is 34.7 Å². The SMILES string of the molecule is CCCCCCCCCC(C(=O)[O-])c1ccccc1CC.[Na+]. The van der Waals surface area contributed by atoms with Gasteiger partial charge < -0.3 is 9.90 Å². The van der Waals surface area contributed by atoms with Gasteiger partial charge in [-0.1, -0.05) is 83.1 Å². The van der Waals surface area contributed by atoms with Crippen molar-refractivity contribution in [2.75, 3.05) is 0 Å². The van der Waals surface area contributed by atoms with Gasteiger partial charge in [-0.25, -0.2) is 0 Å². The molecule has 0 amide bonds. The van der Waals surface area contributed by atoms with Gasteiger partial charge in [0.1, 0.15) is 0 Å². The number of hydrogen-bond acceptors (Lipinski definition) is 2. The van der Waals surface area contributed by atoms with E-state index in [0.717, 1.165) is 30.4 Å². The van der Waals surface area contributed by atoms with Crippen LogP contribution in [0.4, 0.5) is 0 Å². The molecule has 0 saturated heterocycles. The van der Waals surface area contributed by atoms with Gasteiger partial charge in [0.05, 0.1) is 0 Å². The van der Waals surface area contributed by atoms with Gasteiger partial charge in [0.25, 0.3) is 0 Å². The number of unbranched alkanes of at least 4 members (excludes halogenated alkanes) is 6. The van der Waals surface area contributed by atoms with Gasteiger partial charge in [0.15, 0.2) is 0 Å². The molecule has 0 fully saturated rings. The molecular formula is C19H29NaO2. The summed E-state index contributed by atoms with van der Waals surface area (Å²) in [6, 6.07) is 7.87. The zero-order chi connectivity index (χ0) is 15.5. The summed E-state index contributed by atoms with van der Waals surface area (Å²) >= 11 is 0. The maximum atomic E-state index is 11.5. The Morgan fingerprint density at radius 2 is 1.59 bits per heavy atom. The molecule has 0 aromatic heterocycles. The molecule has 0 aliphatic carbocycles. The van der Waals surface area contributed by atoms with Gasteiger partial charge >= 0.3 is 29.6 Å². The molecule has 1 atom stereocenters. The van der Waals surface area contributed by atoms with Gasteiger partial charge in [0.2, 0.25) is 0 Å². The number of aliphatic carboxylic acids is 1. The summed E-state index contributed by atoms with van der Waals surface area (Å²) in [5.74, 6) is -1.38. The quantitative estimate of drug-likeness (QED) is 0.455. The van der Waals surface area contributed by atoms with E-state index in [9.17, 15) is 9.90 Å². The number of hydrogen-bond donors (Lipinski definition) is 0. The summed E-state index contributed by atoms with van der Waals surface area (Å²) < 4.78 is 0. The molecule has 1 aromatic rings. The molecule has 0 saturated carbocycles. The predicted octanol–water partition coefficient (Wildman–Crippen LogP) is 1.23. The van der Waals surface area contributed by atoms with Crippen LogP contribution in [-0.2, 0) is 11.2 Å². The van der Waals surface area contributed by atoms with E-state index in [1.54, 1.807) is 0 Å². The van der Waals surface area contributed by atoms with Crippen molar-refractivity contribution in [2.24, 2.45) is 0 Å². The fourth-order valence-electron chi connectivity index (χ4n) is 2.90. The number of aryl methyl sites for hydroxylation is 1. The summed E-state index contributed by atoms with van der Waals surface area (Å²) in [6.07, 6.45) is 10.0. The smallest absolute Gasteiger partial charge is 0.549 e. The monoisotopic (exact) mass is 312 g/mol. The molecule has 0 aliphatic rings. The molecule has 22 heavy (non-hydrogen) atoms. The minimum Gasteiger partial charge on any atom is -0.549 e. The Balaban J connectivity index is 0.00000441. The normalized spacial score (nSPS) is 11.7. The molecule has 1 rings (SSSR count). The van der Waals surface area contributed by atoms with Crippen molar-refractivity contribution in [3.63, 3.8) is 0 Å². The number of benzene rings is 1. The first kappa shape index (κ1) is 21.7. The Bertz CT molecular complexity index is 418. The van der Waals surface area contributed by atoms with E-state index in [2.05, 4.69) is 13.8 Å². The number of rotatable bonds is 11. The van der Waals surface area contributed by atoms with Crippen LogP contribution >= 0.6 is 0 Å². The van der Waals surface area contributed by atoms with Crippen LogP contribution in [0.1, 0.15) is 82.3 Å². The Hall–Kier alpha value is -0.310. The molecule has 2 nitrogen and oxygen atoms in total. The van der Waals surface area contributed by atoms with Gasteiger partial charge in [-0.05, 0) is 24.0 Å². The average molecular weight is 312 g/mol. The Morgan fingerprint density at radius 3 is 2.18 bits per heavy atom. The second kappa shape index (κ2) is 13.2. The fraction of sp³-hybridized carbons (Fsp3) is 0.632. The standard InChI is InChI=1S/C19H30O2.Na/c1-3-5-6-7-8-9-10-15-18(19(20)21)17-14-12-11-13-16(17)4-2;/h11-14,18H,3-10,15H2,1-2H3,(H,20,21);/q;+1/p-1. The minimum atomic E-state index is -0.929. The number of carboxylic acid groups (broad SMARTS) is 1. The molecule has 0 radical (unpaired) electrons. The van der Waals surface area contributed by atoms with Crippen LogP contribution in [0.5, 0.6) is 0 Å². The van der Waals surface area contributed by atoms with Crippen molar-refractivity contribution in [3.05, 3.63) is 35.4 Å². The van der Waals surface area contributed by atoms with E-state index in [-0.39, 0.29) is 29.6 Å². The predicted molar refractivity (Wildman–Crippen MR) is 86.2 cm³/mol. The van der Waals surface area contributed by atoms with E-state index in [1.807, 2.05) is 24.3 Å². The fourth-order valence-corrected chi connectivity index (χ4v) is 2.90. The molecule has 1 aromatic carbocycles. The molecule has 3 heteroatoms. The molecular weight excluding hydrogens is 283 g/mol. The van der Waals surface area contributed by atoms with Crippen LogP contribution in [0.15, 0.2) is 24.3 Å². The third-order valence-corrected chi connectivity index (χ3v) is 4.19. The molecule has 0 heterocycles. The van der Waals surface area contributed by atoms with E-state index < -0.39 is 11.9 Å². The largest absolute Gasteiger partial charge is 1.00 e. The molecule has 0 aliphatic heterocycles. The molecule has 1 unspecified atom stereocenters. The van der Waals surface area contributed by atoms with E-state index in [0.29, 0.717) is 6.42 Å². The van der Waals surface area contributed by atoms with Crippen LogP contribution in [0.3, 0.4) is 0 Å². The van der Waals surface area contributed by atoms with Crippen molar-refractivity contribution < 1.29 is 39.5 Å². The maximum Gasteiger partial charge on any atom is 1.00 e. The van der Waals surface area contributed by atoms with Crippen molar-refractivity contribution in [1.82, 2.24) is 0 Å². The van der Waals surface area contributed by atoms with Crippen LogP contribution in [0.25, 0.3) is 0 Å². The summed E-state index contributed by atoms with van der Waals surface area (Å²) in [6.45, 7) is 4.29. The molecule has 118 valence electrons. The third kappa shape index (κ3) is 7.80. The van der Waals surface area contributed by atoms with Crippen molar-refractivity contribution >= 4 is 5.97 Å². The zero-order valence-electron chi connectivity index (χ0n) is 14.6. The number of carbonyl (C=O) groups is 1. The van der Waals surface area contributed by atoms with Crippen molar-refractivity contribution in [2.45, 2.75) is 77.6 Å². The van der Waals surface area contributed by atoms with Crippen molar-refractivity contribution in [1.29, 1.82) is 0 Å². The second-order valence-corrected chi connectivity index (χ2v) is 5.83. The number of carbonyl (C=O) groups excluding carboxylic acids is 1. The molecule has 0 N–H and O–H groups in total. The molecule has 0 bridgehead atoms. The second-order valence-electron chi connectivity index (χ2n) is 5.83. The van der Waals surface area contributed by atoms with Gasteiger partial charge in [0, 0.05) is 11.9 Å². The van der Waals surface area contributed by atoms with E-state index in [4.69, 9.17) is 0 Å². The minimum absolute atomic E-state index is 0. The summed E-state index contributed by atoms with van der Waals surface area (Å²) in [5.41, 5.74) is 2.08. The summed E-state index contributed by atoms with van der Waals surface area (Å²) in [4.78, 5) is 11.5. The zero-order valence-corrected chi connectivity index (χ0v) is 16.6. The first-order valence-electron chi connectivity index (χ1n) is 8.49. The van der Waals surface area contributed by atoms with Crippen LogP contribution in [-0.4, -0.2) is 5.97 Å². The van der Waals surface area contributed by atoms with Crippen molar-refractivity contribution in [3.8, 4) is 0 Å². The van der Waals surface area contributed by atoms with Gasteiger partial charge in [-0.2, -0.15) is 0 Å². The topological polar surface area (TPSA) is 40.1 Å². The number of carboxylic acids is 1. The first-order valence-corrected chi connectivity index (χ1v) is 8.49. The maximum absolute atomic E-state index is 11.5. The van der Waals surface area contributed by atoms with Gasteiger partial charge in [-0.3, -0.25) is 0 Å².